The van der Waals surface area contributed by atoms with Gasteiger partial charge in [0.05, 0.1) is 18.3 Å². The average Bonchev–Trinajstić information content (AvgIpc) is 2.69. The van der Waals surface area contributed by atoms with Crippen molar-refractivity contribution in [3.05, 3.63) is 46.2 Å². The fraction of sp³-hybridized carbons (Fsp3) is 0.231. The fourth-order valence-electron chi connectivity index (χ4n) is 1.76. The third-order valence-electron chi connectivity index (χ3n) is 2.71. The van der Waals surface area contributed by atoms with E-state index in [1.54, 1.807) is 19.2 Å². The van der Waals surface area contributed by atoms with Gasteiger partial charge in [-0.05, 0) is 24.6 Å². The number of nitrogens with zero attached hydrogens (tertiary/aromatic N) is 2. The van der Waals surface area contributed by atoms with Crippen LogP contribution >= 0.6 is 11.6 Å². The number of rotatable bonds is 3. The molecular weight excluding hydrogens is 252 g/mol. The van der Waals surface area contributed by atoms with E-state index in [1.165, 1.54) is 18.0 Å². The van der Waals surface area contributed by atoms with E-state index in [9.17, 15) is 4.79 Å². The second kappa shape index (κ2) is 4.82. The zero-order valence-corrected chi connectivity index (χ0v) is 11.2. The minimum absolute atomic E-state index is 0.197. The van der Waals surface area contributed by atoms with Crippen molar-refractivity contribution in [3.8, 4) is 5.75 Å². The quantitative estimate of drug-likeness (QED) is 0.801. The number of benzene rings is 1. The van der Waals surface area contributed by atoms with Crippen molar-refractivity contribution >= 4 is 17.4 Å². The first-order valence-corrected chi connectivity index (χ1v) is 5.79. The van der Waals surface area contributed by atoms with E-state index >= 15 is 0 Å². The smallest absolute Gasteiger partial charge is 0.216 e. The van der Waals surface area contributed by atoms with Crippen LogP contribution in [0.15, 0.2) is 24.4 Å². The Hall–Kier alpha value is -1.81. The van der Waals surface area contributed by atoms with Gasteiger partial charge in [-0.15, -0.1) is 0 Å². The monoisotopic (exact) mass is 264 g/mol. The highest BCUT2D eigenvalue weighted by molar-refractivity contribution is 6.35. The molecular formula is C13H13ClN2O2. The van der Waals surface area contributed by atoms with Crippen molar-refractivity contribution in [2.24, 2.45) is 7.05 Å². The van der Waals surface area contributed by atoms with E-state index in [0.717, 1.165) is 5.56 Å². The van der Waals surface area contributed by atoms with Crippen LogP contribution in [0.1, 0.15) is 21.6 Å². The second-order valence-corrected chi connectivity index (χ2v) is 4.40. The fourth-order valence-corrected chi connectivity index (χ4v) is 2.08. The van der Waals surface area contributed by atoms with E-state index in [0.29, 0.717) is 22.0 Å². The Morgan fingerprint density at radius 3 is 2.78 bits per heavy atom. The lowest BCUT2D eigenvalue weighted by molar-refractivity contribution is 0.102. The third kappa shape index (κ3) is 2.11. The summed E-state index contributed by atoms with van der Waals surface area (Å²) in [6, 6.07) is 5.33. The lowest BCUT2D eigenvalue weighted by Crippen LogP contribution is -2.10. The molecule has 0 spiro atoms. The number of hydrogen-bond acceptors (Lipinski definition) is 3. The van der Waals surface area contributed by atoms with E-state index in [2.05, 4.69) is 5.10 Å². The van der Waals surface area contributed by atoms with Gasteiger partial charge >= 0.3 is 0 Å². The maximum Gasteiger partial charge on any atom is 0.216 e. The van der Waals surface area contributed by atoms with E-state index in [1.807, 2.05) is 13.0 Å². The summed E-state index contributed by atoms with van der Waals surface area (Å²) in [5.41, 5.74) is 1.85. The molecule has 1 aromatic carbocycles. The Balaban J connectivity index is 2.51. The van der Waals surface area contributed by atoms with Gasteiger partial charge in [-0.3, -0.25) is 9.48 Å². The van der Waals surface area contributed by atoms with Crippen LogP contribution in [-0.4, -0.2) is 22.7 Å². The number of ether oxygens (including phenoxy) is 1. The molecule has 0 amide bonds. The molecule has 94 valence electrons. The van der Waals surface area contributed by atoms with Gasteiger partial charge in [-0.25, -0.2) is 0 Å². The summed E-state index contributed by atoms with van der Waals surface area (Å²) in [5.74, 6) is 0.246. The van der Waals surface area contributed by atoms with E-state index in [4.69, 9.17) is 16.3 Å². The van der Waals surface area contributed by atoms with Crippen LogP contribution in [0.2, 0.25) is 5.02 Å². The van der Waals surface area contributed by atoms with Gasteiger partial charge in [0.25, 0.3) is 0 Å². The van der Waals surface area contributed by atoms with Crippen molar-refractivity contribution in [3.63, 3.8) is 0 Å². The maximum absolute atomic E-state index is 12.4. The molecule has 0 saturated heterocycles. The Morgan fingerprint density at radius 2 is 2.17 bits per heavy atom. The van der Waals surface area contributed by atoms with Crippen LogP contribution in [0.25, 0.3) is 0 Å². The summed E-state index contributed by atoms with van der Waals surface area (Å²) < 4.78 is 6.61. The van der Waals surface area contributed by atoms with Gasteiger partial charge in [0.15, 0.2) is 11.4 Å². The topological polar surface area (TPSA) is 44.1 Å². The molecule has 0 unspecified atom stereocenters. The number of ketones is 1. The predicted octanol–water partition coefficient (Wildman–Crippen LogP) is 2.62. The van der Waals surface area contributed by atoms with Gasteiger partial charge in [0.2, 0.25) is 5.78 Å². The van der Waals surface area contributed by atoms with Gasteiger partial charge in [-0.2, -0.15) is 5.10 Å². The highest BCUT2D eigenvalue weighted by Gasteiger charge is 2.21. The summed E-state index contributed by atoms with van der Waals surface area (Å²) in [4.78, 5) is 12.4. The molecule has 0 fully saturated rings. The molecule has 1 heterocycles. The predicted molar refractivity (Wildman–Crippen MR) is 69.4 cm³/mol. The zero-order valence-electron chi connectivity index (χ0n) is 10.4. The molecule has 2 rings (SSSR count). The van der Waals surface area contributed by atoms with Crippen LogP contribution in [0.4, 0.5) is 0 Å². The van der Waals surface area contributed by atoms with Crippen LogP contribution in [0.5, 0.6) is 5.75 Å². The first-order chi connectivity index (χ1) is 8.54. The summed E-state index contributed by atoms with van der Waals surface area (Å²) in [5, 5.41) is 4.44. The Morgan fingerprint density at radius 1 is 1.44 bits per heavy atom. The summed E-state index contributed by atoms with van der Waals surface area (Å²) in [6.45, 7) is 1.92. The summed E-state index contributed by atoms with van der Waals surface area (Å²) in [7, 11) is 3.20. The Labute approximate surface area is 110 Å². The lowest BCUT2D eigenvalue weighted by Gasteiger charge is -2.06. The first-order valence-electron chi connectivity index (χ1n) is 5.41. The summed E-state index contributed by atoms with van der Waals surface area (Å²) in [6.07, 6.45) is 1.51. The van der Waals surface area contributed by atoms with Crippen molar-refractivity contribution in [2.75, 3.05) is 7.11 Å². The molecule has 0 aliphatic heterocycles. The lowest BCUT2D eigenvalue weighted by atomic mass is 10.1. The van der Waals surface area contributed by atoms with Crippen LogP contribution in [-0.2, 0) is 7.05 Å². The molecule has 0 atom stereocenters. The molecule has 2 aromatic rings. The Kier molecular flexibility index (Phi) is 3.39. The maximum atomic E-state index is 12.4. The van der Waals surface area contributed by atoms with E-state index in [-0.39, 0.29) is 5.78 Å². The number of carbonyl (C=O) groups is 1. The second-order valence-electron chi connectivity index (χ2n) is 4.00. The molecule has 0 aliphatic carbocycles. The Bertz CT molecular complexity index is 605. The molecule has 18 heavy (non-hydrogen) atoms. The zero-order chi connectivity index (χ0) is 13.3. The highest BCUT2D eigenvalue weighted by Crippen LogP contribution is 2.25. The van der Waals surface area contributed by atoms with Gasteiger partial charge in [-0.1, -0.05) is 17.7 Å². The number of carbonyl (C=O) groups excluding carboxylic acids is 1. The van der Waals surface area contributed by atoms with Crippen molar-refractivity contribution in [2.45, 2.75) is 6.92 Å². The molecule has 0 bridgehead atoms. The molecule has 0 radical (unpaired) electrons. The van der Waals surface area contributed by atoms with Crippen molar-refractivity contribution in [1.29, 1.82) is 0 Å². The highest BCUT2D eigenvalue weighted by atomic mass is 35.5. The number of methoxy groups -OCH3 is 1. The number of halogens is 1. The molecule has 0 N–H and O–H groups in total. The third-order valence-corrected chi connectivity index (χ3v) is 3.02. The molecule has 1 aromatic heterocycles. The van der Waals surface area contributed by atoms with Gasteiger partial charge in [0.1, 0.15) is 0 Å². The normalized spacial score (nSPS) is 10.4. The van der Waals surface area contributed by atoms with E-state index < -0.39 is 0 Å². The average molecular weight is 265 g/mol. The van der Waals surface area contributed by atoms with Gasteiger partial charge in [0, 0.05) is 12.6 Å². The largest absolute Gasteiger partial charge is 0.493 e. The molecule has 5 heteroatoms. The van der Waals surface area contributed by atoms with Crippen molar-refractivity contribution in [1.82, 2.24) is 9.78 Å². The minimum atomic E-state index is -0.197. The summed E-state index contributed by atoms with van der Waals surface area (Å²) >= 11 is 6.10. The number of aryl methyl sites for hydroxylation is 2. The number of aromatic nitrogens is 2. The molecule has 0 aliphatic rings. The van der Waals surface area contributed by atoms with Crippen LogP contribution in [0, 0.1) is 6.92 Å². The standard InChI is InChI=1S/C13H13ClN2O2/c1-8-4-5-9(10(14)6-8)13(17)12-11(18-3)7-15-16(12)2/h4-7H,1-3H3. The van der Waals surface area contributed by atoms with Gasteiger partial charge < -0.3 is 4.74 Å². The first kappa shape index (κ1) is 12.6. The minimum Gasteiger partial charge on any atom is -0.493 e. The van der Waals surface area contributed by atoms with Crippen molar-refractivity contribution < 1.29 is 9.53 Å². The SMILES string of the molecule is COc1cnn(C)c1C(=O)c1ccc(C)cc1Cl. The van der Waals surface area contributed by atoms with Crippen LogP contribution < -0.4 is 4.74 Å². The van der Waals surface area contributed by atoms with Crippen LogP contribution in [0.3, 0.4) is 0 Å². The number of hydrogen-bond donors (Lipinski definition) is 0. The molecule has 4 nitrogen and oxygen atoms in total. The molecule has 0 saturated carbocycles.